The van der Waals surface area contributed by atoms with Crippen LogP contribution in [0.1, 0.15) is 26.7 Å². The second-order valence-electron chi connectivity index (χ2n) is 4.42. The molecule has 1 rings (SSSR count). The number of carbonyl (C=O) groups is 2. The summed E-state index contributed by atoms with van der Waals surface area (Å²) in [5.74, 6) is 3.94. The molecule has 1 aliphatic rings. The minimum Gasteiger partial charge on any atom is -0.861 e. The van der Waals surface area contributed by atoms with E-state index < -0.39 is 29.2 Å². The SMILES string of the molecule is C=CC[C@@]1(C(C)C#CCC)C(=O)N(C)C(=O)N=C1[O-].[Na+]. The third-order valence-corrected chi connectivity index (χ3v) is 3.25. The number of nitrogens with zero attached hydrogens (tertiary/aromatic N) is 2. The van der Waals surface area contributed by atoms with Gasteiger partial charge < -0.3 is 5.11 Å². The minimum atomic E-state index is -1.42. The molecule has 6 heteroatoms. The van der Waals surface area contributed by atoms with Crippen molar-refractivity contribution >= 4 is 17.8 Å². The number of amides is 3. The Balaban J connectivity index is 0.00000361. The Morgan fingerprint density at radius 2 is 2.15 bits per heavy atom. The summed E-state index contributed by atoms with van der Waals surface area (Å²) in [6, 6.07) is -0.828. The largest absolute Gasteiger partial charge is 1.00 e. The fraction of sp³-hybridized carbons (Fsp3) is 0.500. The molecule has 0 N–H and O–H groups in total. The van der Waals surface area contributed by atoms with Gasteiger partial charge in [0.1, 0.15) is 0 Å². The first-order chi connectivity index (χ1) is 8.91. The summed E-state index contributed by atoms with van der Waals surface area (Å²) >= 11 is 0. The van der Waals surface area contributed by atoms with E-state index in [4.69, 9.17) is 0 Å². The van der Waals surface area contributed by atoms with Crippen LogP contribution in [-0.4, -0.2) is 29.8 Å². The fourth-order valence-electron chi connectivity index (χ4n) is 2.07. The van der Waals surface area contributed by atoms with Crippen LogP contribution in [0, 0.1) is 23.2 Å². The Labute approximate surface area is 141 Å². The molecule has 1 aliphatic heterocycles. The first-order valence-electron chi connectivity index (χ1n) is 6.09. The zero-order valence-electron chi connectivity index (χ0n) is 12.4. The number of carbonyl (C=O) groups excluding carboxylic acids is 2. The van der Waals surface area contributed by atoms with Gasteiger partial charge in [0.05, 0.1) is 5.41 Å². The predicted molar refractivity (Wildman–Crippen MR) is 70.1 cm³/mol. The van der Waals surface area contributed by atoms with E-state index in [9.17, 15) is 14.7 Å². The first-order valence-corrected chi connectivity index (χ1v) is 6.09. The van der Waals surface area contributed by atoms with E-state index in [1.165, 1.54) is 13.1 Å². The maximum atomic E-state index is 12.4. The first kappa shape index (κ1) is 18.9. The molecule has 3 amide bonds. The molecule has 5 nitrogen and oxygen atoms in total. The normalized spacial score (nSPS) is 23.1. The van der Waals surface area contributed by atoms with Crippen LogP contribution in [-0.2, 0) is 4.79 Å². The number of aliphatic imine (C=N–C) groups is 1. The molecule has 0 spiro atoms. The molecule has 1 heterocycles. The Bertz CT molecular complexity index is 504. The van der Waals surface area contributed by atoms with Crippen molar-refractivity contribution in [2.24, 2.45) is 16.3 Å². The number of urea groups is 1. The molecule has 0 radical (unpaired) electrons. The van der Waals surface area contributed by atoms with Gasteiger partial charge in [0.2, 0.25) is 5.91 Å². The quantitative estimate of drug-likeness (QED) is 0.340. The molecule has 0 aromatic rings. The summed E-state index contributed by atoms with van der Waals surface area (Å²) in [5.41, 5.74) is -1.42. The van der Waals surface area contributed by atoms with E-state index in [0.29, 0.717) is 6.42 Å². The molecule has 0 fully saturated rings. The zero-order chi connectivity index (χ0) is 14.6. The molecular weight excluding hydrogens is 267 g/mol. The van der Waals surface area contributed by atoms with Gasteiger partial charge in [0.25, 0.3) is 0 Å². The Morgan fingerprint density at radius 3 is 2.65 bits per heavy atom. The number of imide groups is 1. The van der Waals surface area contributed by atoms with Crippen molar-refractivity contribution in [2.45, 2.75) is 26.7 Å². The van der Waals surface area contributed by atoms with E-state index in [1.807, 2.05) is 6.92 Å². The van der Waals surface area contributed by atoms with Crippen LogP contribution in [0.4, 0.5) is 4.79 Å². The second kappa shape index (κ2) is 7.63. The molecule has 1 unspecified atom stereocenters. The topological polar surface area (TPSA) is 72.8 Å². The average Bonchev–Trinajstić information content (AvgIpc) is 2.38. The Morgan fingerprint density at radius 1 is 1.55 bits per heavy atom. The molecular formula is C14H17N2NaO3. The Kier molecular flexibility index (Phi) is 7.21. The summed E-state index contributed by atoms with van der Waals surface area (Å²) in [4.78, 5) is 28.1. The molecule has 0 saturated carbocycles. The number of hydrogen-bond acceptors (Lipinski definition) is 3. The summed E-state index contributed by atoms with van der Waals surface area (Å²) < 4.78 is 0. The molecule has 102 valence electrons. The molecule has 0 aromatic carbocycles. The van der Waals surface area contributed by atoms with Gasteiger partial charge in [0.15, 0.2) is 0 Å². The van der Waals surface area contributed by atoms with Crippen molar-refractivity contribution in [1.29, 1.82) is 0 Å². The van der Waals surface area contributed by atoms with E-state index >= 15 is 0 Å². The standard InChI is InChI=1S/C14H18N2O3.Na/c1-5-7-8-10(3)14(9-6-2)11(17)15-13(19)16(4)12(14)18;/h6,10H,2,5,9H2,1,3-4H3,(H,15,17,19);/q;+1/p-1/t10?,14-;/m0./s1. The number of allylic oxidation sites excluding steroid dienone is 1. The van der Waals surface area contributed by atoms with Gasteiger partial charge in [0, 0.05) is 19.4 Å². The maximum absolute atomic E-state index is 12.4. The van der Waals surface area contributed by atoms with Crippen molar-refractivity contribution in [2.75, 3.05) is 7.05 Å². The van der Waals surface area contributed by atoms with Crippen molar-refractivity contribution in [3.8, 4) is 11.8 Å². The third kappa shape index (κ3) is 3.14. The van der Waals surface area contributed by atoms with Gasteiger partial charge in [-0.15, -0.1) is 12.5 Å². The fourth-order valence-corrected chi connectivity index (χ4v) is 2.07. The van der Waals surface area contributed by atoms with E-state index in [0.717, 1.165) is 4.90 Å². The van der Waals surface area contributed by atoms with Gasteiger partial charge >= 0.3 is 35.6 Å². The van der Waals surface area contributed by atoms with Gasteiger partial charge in [-0.3, -0.25) is 9.69 Å². The Hall–Kier alpha value is -1.09. The van der Waals surface area contributed by atoms with Crippen molar-refractivity contribution in [3.63, 3.8) is 0 Å². The third-order valence-electron chi connectivity index (χ3n) is 3.25. The maximum Gasteiger partial charge on any atom is 1.00 e. The number of hydrogen-bond donors (Lipinski definition) is 0. The van der Waals surface area contributed by atoms with Crippen molar-refractivity contribution in [1.82, 2.24) is 4.90 Å². The summed E-state index contributed by atoms with van der Waals surface area (Å²) in [6.07, 6.45) is 2.23. The van der Waals surface area contributed by atoms with Gasteiger partial charge in [-0.25, -0.2) is 9.79 Å². The molecule has 2 atom stereocenters. The molecule has 0 aromatic heterocycles. The summed E-state index contributed by atoms with van der Waals surface area (Å²) in [7, 11) is 1.32. The summed E-state index contributed by atoms with van der Waals surface area (Å²) in [6.45, 7) is 7.15. The van der Waals surface area contributed by atoms with Gasteiger partial charge in [-0.05, 0) is 19.2 Å². The van der Waals surface area contributed by atoms with E-state index in [1.54, 1.807) is 6.92 Å². The van der Waals surface area contributed by atoms with Crippen LogP contribution >= 0.6 is 0 Å². The van der Waals surface area contributed by atoms with Crippen LogP contribution in [0.5, 0.6) is 0 Å². The van der Waals surface area contributed by atoms with Crippen LogP contribution in [0.2, 0.25) is 0 Å². The molecule has 0 saturated heterocycles. The van der Waals surface area contributed by atoms with Crippen LogP contribution in [0.3, 0.4) is 0 Å². The molecule has 0 bridgehead atoms. The molecule has 20 heavy (non-hydrogen) atoms. The average molecular weight is 284 g/mol. The summed E-state index contributed by atoms with van der Waals surface area (Å²) in [5, 5.41) is 12.1. The second-order valence-corrected chi connectivity index (χ2v) is 4.42. The van der Waals surface area contributed by atoms with Crippen LogP contribution in [0.15, 0.2) is 17.6 Å². The minimum absolute atomic E-state index is 0. The smallest absolute Gasteiger partial charge is 0.861 e. The predicted octanol–water partition coefficient (Wildman–Crippen LogP) is -2.05. The van der Waals surface area contributed by atoms with Crippen molar-refractivity contribution < 1.29 is 44.3 Å². The zero-order valence-corrected chi connectivity index (χ0v) is 14.4. The monoisotopic (exact) mass is 284 g/mol. The van der Waals surface area contributed by atoms with Gasteiger partial charge in [-0.2, -0.15) is 0 Å². The number of rotatable bonds is 3. The van der Waals surface area contributed by atoms with E-state index in [-0.39, 0.29) is 36.0 Å². The van der Waals surface area contributed by atoms with E-state index in [2.05, 4.69) is 23.4 Å². The van der Waals surface area contributed by atoms with Crippen molar-refractivity contribution in [3.05, 3.63) is 12.7 Å². The molecule has 0 aliphatic carbocycles. The van der Waals surface area contributed by atoms with Crippen LogP contribution < -0.4 is 34.7 Å². The van der Waals surface area contributed by atoms with Crippen LogP contribution in [0.25, 0.3) is 0 Å². The van der Waals surface area contributed by atoms with Gasteiger partial charge in [-0.1, -0.05) is 18.9 Å².